The van der Waals surface area contributed by atoms with Gasteiger partial charge in [-0.2, -0.15) is 0 Å². The van der Waals surface area contributed by atoms with Gasteiger partial charge < -0.3 is 16.0 Å². The summed E-state index contributed by atoms with van der Waals surface area (Å²) < 4.78 is 1.75. The third-order valence-electron chi connectivity index (χ3n) is 5.82. The molecule has 0 radical (unpaired) electrons. The first-order valence-corrected chi connectivity index (χ1v) is 10.5. The van der Waals surface area contributed by atoms with E-state index >= 15 is 0 Å². The normalized spacial score (nSPS) is 13.7. The number of aromatic nitrogens is 4. The van der Waals surface area contributed by atoms with Crippen LogP contribution in [-0.2, 0) is 17.8 Å². The molecule has 9 heteroatoms. The largest absolute Gasteiger partial charge is 0.364 e. The molecule has 0 aromatic carbocycles. The van der Waals surface area contributed by atoms with Gasteiger partial charge in [0.05, 0.1) is 0 Å². The first kappa shape index (κ1) is 20.8. The van der Waals surface area contributed by atoms with Gasteiger partial charge in [0.15, 0.2) is 11.3 Å². The number of pyridine rings is 1. The summed E-state index contributed by atoms with van der Waals surface area (Å²) in [5.74, 6) is 0.345. The molecule has 162 valence electrons. The number of imidazole rings is 1. The van der Waals surface area contributed by atoms with Gasteiger partial charge in [-0.05, 0) is 56.4 Å². The lowest BCUT2D eigenvalue weighted by Gasteiger charge is -2.17. The molecule has 4 rings (SSSR count). The molecule has 3 N–H and O–H groups in total. The number of rotatable bonds is 7. The number of carbonyl (C=O) groups excluding carboxylic acids is 2. The molecule has 0 spiro atoms. The van der Waals surface area contributed by atoms with E-state index in [0.29, 0.717) is 25.0 Å². The predicted octanol–water partition coefficient (Wildman–Crippen LogP) is 1.69. The topological polar surface area (TPSA) is 119 Å². The summed E-state index contributed by atoms with van der Waals surface area (Å²) in [4.78, 5) is 39.3. The van der Waals surface area contributed by atoms with Crippen LogP contribution < -0.4 is 16.0 Å². The Labute approximate surface area is 180 Å². The zero-order valence-corrected chi connectivity index (χ0v) is 17.9. The molecule has 2 amide bonds. The summed E-state index contributed by atoms with van der Waals surface area (Å²) in [5, 5.41) is 3.00. The Morgan fingerprint density at radius 3 is 2.71 bits per heavy atom. The summed E-state index contributed by atoms with van der Waals surface area (Å²) in [6.45, 7) is 6.35. The molecular weight excluding hydrogens is 394 g/mol. The first-order chi connectivity index (χ1) is 14.9. The van der Waals surface area contributed by atoms with Crippen LogP contribution in [-0.4, -0.2) is 44.3 Å². The maximum absolute atomic E-state index is 12.5. The molecule has 31 heavy (non-hydrogen) atoms. The summed E-state index contributed by atoms with van der Waals surface area (Å²) in [6, 6.07) is 3.98. The lowest BCUT2D eigenvalue weighted by Crippen LogP contribution is -2.24. The second-order valence-electron chi connectivity index (χ2n) is 7.91. The molecule has 1 saturated heterocycles. The number of hydrogen-bond acceptors (Lipinski definition) is 6. The smallest absolute Gasteiger partial charge is 0.271 e. The third-order valence-corrected chi connectivity index (χ3v) is 5.82. The van der Waals surface area contributed by atoms with E-state index in [1.165, 1.54) is 12.8 Å². The molecule has 0 unspecified atom stereocenters. The van der Waals surface area contributed by atoms with Crippen LogP contribution in [0.3, 0.4) is 0 Å². The van der Waals surface area contributed by atoms with Crippen molar-refractivity contribution < 1.29 is 9.59 Å². The number of primary amides is 1. The highest BCUT2D eigenvalue weighted by atomic mass is 16.2. The van der Waals surface area contributed by atoms with Crippen molar-refractivity contribution in [2.45, 2.75) is 46.1 Å². The molecule has 3 aromatic heterocycles. The highest BCUT2D eigenvalue weighted by molar-refractivity contribution is 5.96. The Balaban J connectivity index is 1.38. The predicted molar refractivity (Wildman–Crippen MR) is 117 cm³/mol. The molecule has 4 heterocycles. The van der Waals surface area contributed by atoms with Gasteiger partial charge in [0.2, 0.25) is 5.91 Å². The molecule has 3 aromatic rings. The number of nitrogens with one attached hydrogen (secondary N) is 1. The summed E-state index contributed by atoms with van der Waals surface area (Å²) in [6.07, 6.45) is 6.63. The van der Waals surface area contributed by atoms with Crippen molar-refractivity contribution in [2.75, 3.05) is 18.0 Å². The summed E-state index contributed by atoms with van der Waals surface area (Å²) >= 11 is 0. The number of anilines is 1. The van der Waals surface area contributed by atoms with Gasteiger partial charge in [0.25, 0.3) is 5.91 Å². The number of nitrogens with two attached hydrogens (primary N) is 1. The van der Waals surface area contributed by atoms with Crippen molar-refractivity contribution in [1.82, 2.24) is 24.7 Å². The van der Waals surface area contributed by atoms with E-state index in [9.17, 15) is 9.59 Å². The van der Waals surface area contributed by atoms with E-state index in [4.69, 9.17) is 5.73 Å². The number of fused-ring (bicyclic) bond motifs is 1. The Hall–Kier alpha value is -3.49. The Morgan fingerprint density at radius 2 is 1.97 bits per heavy atom. The average Bonchev–Trinajstić information content (AvgIpc) is 3.42. The van der Waals surface area contributed by atoms with Crippen LogP contribution in [0.4, 0.5) is 5.82 Å². The van der Waals surface area contributed by atoms with Crippen molar-refractivity contribution >= 4 is 23.3 Å². The molecule has 0 atom stereocenters. The molecule has 0 saturated carbocycles. The maximum Gasteiger partial charge on any atom is 0.271 e. The maximum atomic E-state index is 12.5. The quantitative estimate of drug-likeness (QED) is 0.599. The van der Waals surface area contributed by atoms with Gasteiger partial charge in [0.1, 0.15) is 12.1 Å². The molecule has 0 bridgehead atoms. The van der Waals surface area contributed by atoms with Crippen molar-refractivity contribution in [1.29, 1.82) is 0 Å². The summed E-state index contributed by atoms with van der Waals surface area (Å²) in [7, 11) is 0. The minimum atomic E-state index is -0.607. The van der Waals surface area contributed by atoms with E-state index < -0.39 is 5.91 Å². The minimum Gasteiger partial charge on any atom is -0.364 e. The summed E-state index contributed by atoms with van der Waals surface area (Å²) in [5.41, 5.74) is 9.65. The molecule has 1 aliphatic heterocycles. The number of aryl methyl sites for hydroxylation is 2. The minimum absolute atomic E-state index is 0.0260. The molecule has 9 nitrogen and oxygen atoms in total. The second-order valence-corrected chi connectivity index (χ2v) is 7.91. The zero-order chi connectivity index (χ0) is 22.0. The Morgan fingerprint density at radius 1 is 1.19 bits per heavy atom. The van der Waals surface area contributed by atoms with Crippen molar-refractivity contribution in [3.05, 3.63) is 52.9 Å². The van der Waals surface area contributed by atoms with Gasteiger partial charge in [-0.15, -0.1) is 0 Å². The lowest BCUT2D eigenvalue weighted by atomic mass is 10.1. The SMILES string of the molecule is Cc1nc2c(C(N)=O)ncn2c(C)c1CCC(=O)NCc1ccnc(N2CCCC2)c1. The van der Waals surface area contributed by atoms with Gasteiger partial charge in [0, 0.05) is 43.6 Å². The van der Waals surface area contributed by atoms with E-state index in [-0.39, 0.29) is 11.6 Å². The fraction of sp³-hybridized carbons (Fsp3) is 0.409. The number of amides is 2. The van der Waals surface area contributed by atoms with Crippen LogP contribution >= 0.6 is 0 Å². The fourth-order valence-electron chi connectivity index (χ4n) is 4.08. The van der Waals surface area contributed by atoms with Crippen molar-refractivity contribution in [3.63, 3.8) is 0 Å². The van der Waals surface area contributed by atoms with Crippen LogP contribution in [0.25, 0.3) is 5.65 Å². The van der Waals surface area contributed by atoms with Gasteiger partial charge >= 0.3 is 0 Å². The van der Waals surface area contributed by atoms with Crippen LogP contribution in [0, 0.1) is 13.8 Å². The number of hydrogen-bond donors (Lipinski definition) is 2. The molecular formula is C22H27N7O2. The second kappa shape index (κ2) is 8.71. The van der Waals surface area contributed by atoms with Crippen LogP contribution in [0.1, 0.15) is 52.3 Å². The molecule has 1 fully saturated rings. The van der Waals surface area contributed by atoms with E-state index in [1.54, 1.807) is 16.9 Å². The van der Waals surface area contributed by atoms with E-state index in [0.717, 1.165) is 41.4 Å². The van der Waals surface area contributed by atoms with E-state index in [2.05, 4.69) is 25.2 Å². The first-order valence-electron chi connectivity index (χ1n) is 10.5. The number of carbonyl (C=O) groups is 2. The standard InChI is InChI=1S/C22H27N7O2/c1-14-17(15(2)29-13-26-20(21(23)31)22(29)27-14)5-6-19(30)25-12-16-7-8-24-18(11-16)28-9-3-4-10-28/h7-8,11,13H,3-6,9-10,12H2,1-2H3,(H2,23,31)(H,25,30). The van der Waals surface area contributed by atoms with Crippen LogP contribution in [0.15, 0.2) is 24.7 Å². The van der Waals surface area contributed by atoms with Gasteiger partial charge in [-0.25, -0.2) is 15.0 Å². The highest BCUT2D eigenvalue weighted by Gasteiger charge is 2.17. The van der Waals surface area contributed by atoms with E-state index in [1.807, 2.05) is 26.0 Å². The van der Waals surface area contributed by atoms with Crippen molar-refractivity contribution in [3.8, 4) is 0 Å². The van der Waals surface area contributed by atoms with Crippen molar-refractivity contribution in [2.24, 2.45) is 5.73 Å². The number of nitrogens with zero attached hydrogens (tertiary/aromatic N) is 5. The monoisotopic (exact) mass is 421 g/mol. The molecule has 1 aliphatic rings. The molecule has 0 aliphatic carbocycles. The average molecular weight is 422 g/mol. The van der Waals surface area contributed by atoms with Gasteiger partial charge in [-0.3, -0.25) is 14.0 Å². The fourth-order valence-corrected chi connectivity index (χ4v) is 4.08. The van der Waals surface area contributed by atoms with Crippen LogP contribution in [0.2, 0.25) is 0 Å². The highest BCUT2D eigenvalue weighted by Crippen LogP contribution is 2.20. The lowest BCUT2D eigenvalue weighted by molar-refractivity contribution is -0.121. The van der Waals surface area contributed by atoms with Crippen LogP contribution in [0.5, 0.6) is 0 Å². The Kier molecular flexibility index (Phi) is 5.83. The zero-order valence-electron chi connectivity index (χ0n) is 17.9. The van der Waals surface area contributed by atoms with Gasteiger partial charge in [-0.1, -0.05) is 0 Å². The Bertz CT molecular complexity index is 1130. The third kappa shape index (κ3) is 4.35.